The van der Waals surface area contributed by atoms with E-state index in [1.165, 1.54) is 6.42 Å². The first-order chi connectivity index (χ1) is 13.6. The predicted octanol–water partition coefficient (Wildman–Crippen LogP) is 2.32. The summed E-state index contributed by atoms with van der Waals surface area (Å²) in [6, 6.07) is 9.76. The molecule has 154 valence electrons. The van der Waals surface area contributed by atoms with Crippen molar-refractivity contribution in [3.05, 3.63) is 48.6 Å². The minimum Gasteiger partial charge on any atom is -0.387 e. The van der Waals surface area contributed by atoms with Crippen LogP contribution in [-0.4, -0.2) is 59.2 Å². The van der Waals surface area contributed by atoms with Crippen LogP contribution in [0.1, 0.15) is 37.7 Å². The Kier molecular flexibility index (Phi) is 6.16. The van der Waals surface area contributed by atoms with Gasteiger partial charge in [-0.25, -0.2) is 0 Å². The van der Waals surface area contributed by atoms with Gasteiger partial charge in [0.15, 0.2) is 5.79 Å². The summed E-state index contributed by atoms with van der Waals surface area (Å²) in [5.74, 6) is -0.665. The van der Waals surface area contributed by atoms with Gasteiger partial charge in [0, 0.05) is 12.8 Å². The normalized spacial score (nSPS) is 36.9. The van der Waals surface area contributed by atoms with Crippen molar-refractivity contribution in [2.75, 3.05) is 6.61 Å². The third-order valence-electron chi connectivity index (χ3n) is 6.00. The van der Waals surface area contributed by atoms with Crippen LogP contribution in [0.3, 0.4) is 0 Å². The first-order valence-electron chi connectivity index (χ1n) is 10.2. The second kappa shape index (κ2) is 8.61. The molecule has 0 aromatic heterocycles. The van der Waals surface area contributed by atoms with Gasteiger partial charge in [-0.15, -0.1) is 6.58 Å². The molecular formula is C22H30O6. The Bertz CT molecular complexity index is 644. The van der Waals surface area contributed by atoms with Crippen molar-refractivity contribution in [2.24, 2.45) is 0 Å². The number of rotatable bonds is 6. The second-order valence-corrected chi connectivity index (χ2v) is 7.97. The minimum atomic E-state index is -1.12. The van der Waals surface area contributed by atoms with E-state index >= 15 is 0 Å². The summed E-state index contributed by atoms with van der Waals surface area (Å²) in [6.45, 7) is 4.26. The van der Waals surface area contributed by atoms with E-state index in [9.17, 15) is 10.2 Å². The summed E-state index contributed by atoms with van der Waals surface area (Å²) in [4.78, 5) is 0. The highest BCUT2D eigenvalue weighted by atomic mass is 16.8. The average Bonchev–Trinajstić information content (AvgIpc) is 3.07. The Hall–Kier alpha value is -1.28. The molecule has 0 amide bonds. The first-order valence-corrected chi connectivity index (χ1v) is 10.2. The first kappa shape index (κ1) is 20.0. The molecule has 1 aromatic rings. The Labute approximate surface area is 166 Å². The molecule has 28 heavy (non-hydrogen) atoms. The van der Waals surface area contributed by atoms with Gasteiger partial charge in [0.1, 0.15) is 36.6 Å². The summed E-state index contributed by atoms with van der Waals surface area (Å²) in [6.07, 6.45) is 1.89. The van der Waals surface area contributed by atoms with Gasteiger partial charge in [0.05, 0.1) is 13.2 Å². The lowest BCUT2D eigenvalue weighted by atomic mass is 9.84. The Morgan fingerprint density at radius 2 is 1.57 bits per heavy atom. The predicted molar refractivity (Wildman–Crippen MR) is 103 cm³/mol. The fourth-order valence-corrected chi connectivity index (χ4v) is 4.60. The van der Waals surface area contributed by atoms with E-state index in [0.717, 1.165) is 31.2 Å². The van der Waals surface area contributed by atoms with Crippen LogP contribution in [-0.2, 0) is 25.6 Å². The molecular weight excluding hydrogens is 360 g/mol. The number of aliphatic hydroxyl groups excluding tert-OH is 2. The van der Waals surface area contributed by atoms with Crippen molar-refractivity contribution < 1.29 is 29.2 Å². The molecule has 2 saturated carbocycles. The zero-order chi connectivity index (χ0) is 19.6. The maximum absolute atomic E-state index is 10.8. The van der Waals surface area contributed by atoms with Gasteiger partial charge in [0.25, 0.3) is 0 Å². The zero-order valence-electron chi connectivity index (χ0n) is 16.1. The molecule has 6 heteroatoms. The van der Waals surface area contributed by atoms with Gasteiger partial charge < -0.3 is 29.2 Å². The number of fused-ring (bicyclic) bond motifs is 1. The summed E-state index contributed by atoms with van der Waals surface area (Å²) in [5, 5.41) is 21.5. The van der Waals surface area contributed by atoms with Crippen molar-refractivity contribution in [3.8, 4) is 0 Å². The van der Waals surface area contributed by atoms with E-state index in [0.29, 0.717) is 6.61 Å². The Balaban J connectivity index is 1.55. The van der Waals surface area contributed by atoms with Gasteiger partial charge >= 0.3 is 0 Å². The maximum atomic E-state index is 10.8. The smallest absolute Gasteiger partial charge is 0.169 e. The number of hydrogen-bond acceptors (Lipinski definition) is 6. The van der Waals surface area contributed by atoms with Crippen LogP contribution in [0.5, 0.6) is 0 Å². The summed E-state index contributed by atoms with van der Waals surface area (Å²) in [5.41, 5.74) is 0.997. The molecule has 1 aliphatic heterocycles. The van der Waals surface area contributed by atoms with Gasteiger partial charge in [-0.05, 0) is 18.4 Å². The molecule has 2 aliphatic carbocycles. The van der Waals surface area contributed by atoms with Gasteiger partial charge in [-0.1, -0.05) is 42.8 Å². The van der Waals surface area contributed by atoms with E-state index < -0.39 is 42.4 Å². The Morgan fingerprint density at radius 1 is 0.964 bits per heavy atom. The van der Waals surface area contributed by atoms with Gasteiger partial charge in [-0.2, -0.15) is 0 Å². The lowest BCUT2D eigenvalue weighted by molar-refractivity contribution is -0.219. The summed E-state index contributed by atoms with van der Waals surface area (Å²) in [7, 11) is 0. The maximum Gasteiger partial charge on any atom is 0.169 e. The van der Waals surface area contributed by atoms with E-state index in [2.05, 4.69) is 6.58 Å². The van der Waals surface area contributed by atoms with Crippen molar-refractivity contribution >= 4 is 0 Å². The van der Waals surface area contributed by atoms with Crippen molar-refractivity contribution in [1.29, 1.82) is 0 Å². The minimum absolute atomic E-state index is 0.267. The van der Waals surface area contributed by atoms with Crippen molar-refractivity contribution in [3.63, 3.8) is 0 Å². The quantitative estimate of drug-likeness (QED) is 0.726. The highest BCUT2D eigenvalue weighted by Crippen LogP contribution is 2.46. The largest absolute Gasteiger partial charge is 0.387 e. The van der Waals surface area contributed by atoms with Crippen molar-refractivity contribution in [2.45, 2.75) is 81.1 Å². The molecule has 6 atom stereocenters. The molecule has 3 fully saturated rings. The zero-order valence-corrected chi connectivity index (χ0v) is 16.1. The van der Waals surface area contributed by atoms with Crippen LogP contribution in [0.2, 0.25) is 0 Å². The molecule has 1 spiro atoms. The molecule has 0 unspecified atom stereocenters. The number of benzene rings is 1. The summed E-state index contributed by atoms with van der Waals surface area (Å²) < 4.78 is 24.6. The van der Waals surface area contributed by atoms with Crippen LogP contribution < -0.4 is 0 Å². The molecule has 1 aromatic carbocycles. The van der Waals surface area contributed by atoms with Crippen molar-refractivity contribution in [1.82, 2.24) is 0 Å². The molecule has 0 bridgehead atoms. The molecule has 6 nitrogen and oxygen atoms in total. The summed E-state index contributed by atoms with van der Waals surface area (Å²) >= 11 is 0. The molecule has 1 heterocycles. The van der Waals surface area contributed by atoms with Crippen LogP contribution in [0.25, 0.3) is 0 Å². The van der Waals surface area contributed by atoms with E-state index in [1.54, 1.807) is 6.08 Å². The van der Waals surface area contributed by atoms with Gasteiger partial charge in [0.2, 0.25) is 0 Å². The molecule has 3 aliphatic rings. The lowest BCUT2D eigenvalue weighted by Gasteiger charge is -2.42. The molecule has 0 radical (unpaired) electrons. The molecule has 2 N–H and O–H groups in total. The molecule has 4 rings (SSSR count). The third kappa shape index (κ3) is 3.90. The number of hydrogen-bond donors (Lipinski definition) is 2. The number of ether oxygens (including phenoxy) is 4. The standard InChI is InChI=1S/C22H30O6/c1-2-13-25-18-16(23)17(24)19(26-14-15-9-5-3-6-10-15)21-20(18)27-22(28-21)11-7-4-8-12-22/h2-3,5-6,9-10,16-21,23-24H,1,4,7-8,11-14H2/t16-,17-,18-,19-,20+,21+/m0/s1. The monoisotopic (exact) mass is 390 g/mol. The van der Waals surface area contributed by atoms with E-state index in [1.807, 2.05) is 30.3 Å². The van der Waals surface area contributed by atoms with Crippen LogP contribution >= 0.6 is 0 Å². The number of aliphatic hydroxyl groups is 2. The Morgan fingerprint density at radius 3 is 2.18 bits per heavy atom. The third-order valence-corrected chi connectivity index (χ3v) is 6.00. The highest BCUT2D eigenvalue weighted by Gasteiger charge is 2.61. The van der Waals surface area contributed by atoms with Crippen LogP contribution in [0.15, 0.2) is 43.0 Å². The SMILES string of the molecule is C=CCO[C@H]1[C@@H](O)[C@H](O)[C@H](OCc2ccccc2)[C@H]2OC3(CCCCC3)O[C@@H]21. The molecule has 1 saturated heterocycles. The second-order valence-electron chi connectivity index (χ2n) is 7.97. The van der Waals surface area contributed by atoms with E-state index in [4.69, 9.17) is 18.9 Å². The van der Waals surface area contributed by atoms with E-state index in [-0.39, 0.29) is 6.61 Å². The average molecular weight is 390 g/mol. The fourth-order valence-electron chi connectivity index (χ4n) is 4.60. The highest BCUT2D eigenvalue weighted by molar-refractivity contribution is 5.14. The van der Waals surface area contributed by atoms with Gasteiger partial charge in [-0.3, -0.25) is 0 Å². The van der Waals surface area contributed by atoms with Crippen LogP contribution in [0, 0.1) is 0 Å². The van der Waals surface area contributed by atoms with Crippen LogP contribution in [0.4, 0.5) is 0 Å². The topological polar surface area (TPSA) is 77.4 Å². The lowest BCUT2D eigenvalue weighted by Crippen LogP contribution is -2.64. The fraction of sp³-hybridized carbons (Fsp3) is 0.636.